The third kappa shape index (κ3) is 4.20. The molecule has 3 aromatic rings. The van der Waals surface area contributed by atoms with Crippen molar-refractivity contribution in [1.82, 2.24) is 9.88 Å². The molecule has 0 spiro atoms. The van der Waals surface area contributed by atoms with Gasteiger partial charge in [-0.05, 0) is 43.0 Å². The lowest BCUT2D eigenvalue weighted by Gasteiger charge is -2.33. The number of hydrogen-bond donors (Lipinski definition) is 2. The first-order chi connectivity index (χ1) is 14.6. The molecular formula is C23H24ClN3O3. The maximum Gasteiger partial charge on any atom is 0.258 e. The first kappa shape index (κ1) is 20.4. The lowest BCUT2D eigenvalue weighted by Crippen LogP contribution is -2.46. The molecule has 1 aromatic heterocycles. The molecule has 2 amide bonds. The number of amides is 2. The molecular weight excluding hydrogens is 402 g/mol. The van der Waals surface area contributed by atoms with Crippen LogP contribution in [0.1, 0.15) is 23.2 Å². The van der Waals surface area contributed by atoms with E-state index in [2.05, 4.69) is 4.98 Å². The Bertz CT molecular complexity index is 1040. The van der Waals surface area contributed by atoms with Gasteiger partial charge in [-0.15, -0.1) is 0 Å². The number of aliphatic hydroxyl groups excluding tert-OH is 1. The molecule has 0 aliphatic carbocycles. The number of rotatable bonds is 5. The maximum absolute atomic E-state index is 13.4. The van der Waals surface area contributed by atoms with E-state index in [-0.39, 0.29) is 30.9 Å². The summed E-state index contributed by atoms with van der Waals surface area (Å²) < 4.78 is 0. The zero-order chi connectivity index (χ0) is 21.1. The van der Waals surface area contributed by atoms with Gasteiger partial charge in [0.05, 0.1) is 5.02 Å². The van der Waals surface area contributed by atoms with E-state index >= 15 is 0 Å². The normalized spacial score (nSPS) is 14.8. The number of aliphatic hydroxyl groups is 1. The Morgan fingerprint density at radius 2 is 1.87 bits per heavy atom. The van der Waals surface area contributed by atoms with Gasteiger partial charge in [-0.2, -0.15) is 0 Å². The van der Waals surface area contributed by atoms with Crippen LogP contribution in [0.5, 0.6) is 0 Å². The molecule has 0 saturated carbocycles. The quantitative estimate of drug-likeness (QED) is 0.654. The van der Waals surface area contributed by atoms with Crippen LogP contribution in [0.15, 0.2) is 54.7 Å². The molecule has 1 fully saturated rings. The van der Waals surface area contributed by atoms with Crippen molar-refractivity contribution in [2.24, 2.45) is 5.92 Å². The number of fused-ring (bicyclic) bond motifs is 1. The summed E-state index contributed by atoms with van der Waals surface area (Å²) in [5.74, 6) is -0.0831. The number of carbonyl (C=O) groups is 2. The fourth-order valence-corrected chi connectivity index (χ4v) is 4.09. The van der Waals surface area contributed by atoms with Crippen LogP contribution in [0.4, 0.5) is 5.69 Å². The third-order valence-corrected chi connectivity index (χ3v) is 6.02. The summed E-state index contributed by atoms with van der Waals surface area (Å²) >= 11 is 6.15. The summed E-state index contributed by atoms with van der Waals surface area (Å²) in [7, 11) is 0. The van der Waals surface area contributed by atoms with E-state index in [0.717, 1.165) is 23.7 Å². The molecule has 30 heavy (non-hydrogen) atoms. The molecule has 6 nitrogen and oxygen atoms in total. The molecule has 0 atom stereocenters. The second-order valence-corrected chi connectivity index (χ2v) is 8.04. The molecule has 1 aliphatic heterocycles. The number of aromatic amines is 1. The van der Waals surface area contributed by atoms with E-state index in [0.29, 0.717) is 29.4 Å². The number of aromatic nitrogens is 1. The highest BCUT2D eigenvalue weighted by Gasteiger charge is 2.27. The number of nitrogens with zero attached hydrogens (tertiary/aromatic N) is 2. The molecule has 156 valence electrons. The zero-order valence-electron chi connectivity index (χ0n) is 16.6. The van der Waals surface area contributed by atoms with Crippen LogP contribution in [0.25, 0.3) is 10.9 Å². The molecule has 2 aromatic carbocycles. The summed E-state index contributed by atoms with van der Waals surface area (Å²) in [4.78, 5) is 32.7. The van der Waals surface area contributed by atoms with Crippen molar-refractivity contribution >= 4 is 40.0 Å². The number of benzene rings is 2. The summed E-state index contributed by atoms with van der Waals surface area (Å²) in [5, 5.41) is 10.8. The fourth-order valence-electron chi connectivity index (χ4n) is 3.87. The summed E-state index contributed by atoms with van der Waals surface area (Å²) in [5.41, 5.74) is 1.93. The van der Waals surface area contributed by atoms with Crippen LogP contribution < -0.4 is 4.90 Å². The van der Waals surface area contributed by atoms with E-state index in [4.69, 9.17) is 11.6 Å². The number of para-hydroxylation sites is 1. The molecule has 7 heteroatoms. The number of piperidine rings is 1. The van der Waals surface area contributed by atoms with Crippen molar-refractivity contribution in [3.8, 4) is 0 Å². The van der Waals surface area contributed by atoms with Gasteiger partial charge in [-0.25, -0.2) is 0 Å². The molecule has 0 bridgehead atoms. The number of carbonyl (C=O) groups excluding carboxylic acids is 2. The minimum absolute atomic E-state index is 0.0316. The van der Waals surface area contributed by atoms with Crippen molar-refractivity contribution in [3.63, 3.8) is 0 Å². The van der Waals surface area contributed by atoms with Crippen LogP contribution in [0, 0.1) is 5.92 Å². The fraction of sp³-hybridized carbons (Fsp3) is 0.304. The number of nitrogens with one attached hydrogen (secondary N) is 1. The van der Waals surface area contributed by atoms with Crippen LogP contribution >= 0.6 is 11.6 Å². The number of halogens is 1. The van der Waals surface area contributed by atoms with Crippen LogP contribution in [-0.4, -0.2) is 53.0 Å². The monoisotopic (exact) mass is 425 g/mol. The molecule has 2 heterocycles. The molecule has 0 radical (unpaired) electrons. The number of anilines is 1. The average Bonchev–Trinajstić information content (AvgIpc) is 3.17. The lowest BCUT2D eigenvalue weighted by molar-refractivity contribution is -0.131. The first-order valence-corrected chi connectivity index (χ1v) is 10.5. The Hall–Kier alpha value is -2.83. The van der Waals surface area contributed by atoms with Gasteiger partial charge in [-0.3, -0.25) is 14.5 Å². The standard InChI is InChI=1S/C23H24ClN3O3/c24-20-13-25-21-12-17(6-7-19(20)21)23(30)27(18-4-2-1-3-5-18)14-22(29)26-10-8-16(15-28)9-11-26/h1-7,12-13,16,25,28H,8-11,14-15H2. The van der Waals surface area contributed by atoms with E-state index in [9.17, 15) is 14.7 Å². The summed E-state index contributed by atoms with van der Waals surface area (Å²) in [6.45, 7) is 1.33. The second-order valence-electron chi connectivity index (χ2n) is 7.63. The second kappa shape index (κ2) is 8.90. The van der Waals surface area contributed by atoms with Crippen LogP contribution in [0.2, 0.25) is 5.02 Å². The molecule has 2 N–H and O–H groups in total. The van der Waals surface area contributed by atoms with Gasteiger partial charge in [-0.1, -0.05) is 35.9 Å². The van der Waals surface area contributed by atoms with Gasteiger partial charge in [0.15, 0.2) is 0 Å². The van der Waals surface area contributed by atoms with Crippen LogP contribution in [-0.2, 0) is 4.79 Å². The Balaban J connectivity index is 1.58. The van der Waals surface area contributed by atoms with Crippen molar-refractivity contribution < 1.29 is 14.7 Å². The van der Waals surface area contributed by atoms with E-state index in [1.807, 2.05) is 36.4 Å². The van der Waals surface area contributed by atoms with Crippen molar-refractivity contribution in [1.29, 1.82) is 0 Å². The van der Waals surface area contributed by atoms with Gasteiger partial charge in [0.25, 0.3) is 5.91 Å². The van der Waals surface area contributed by atoms with Gasteiger partial charge < -0.3 is 15.0 Å². The van der Waals surface area contributed by atoms with E-state index < -0.39 is 0 Å². The summed E-state index contributed by atoms with van der Waals surface area (Å²) in [6.07, 6.45) is 3.26. The first-order valence-electron chi connectivity index (χ1n) is 10.1. The van der Waals surface area contributed by atoms with E-state index in [1.54, 1.807) is 23.2 Å². The molecule has 1 saturated heterocycles. The summed E-state index contributed by atoms with van der Waals surface area (Å²) in [6, 6.07) is 14.5. The Kier molecular flexibility index (Phi) is 6.06. The Morgan fingerprint density at radius 1 is 1.13 bits per heavy atom. The topological polar surface area (TPSA) is 76.6 Å². The highest BCUT2D eigenvalue weighted by molar-refractivity contribution is 6.35. The SMILES string of the molecule is O=C(CN(C(=O)c1ccc2c(Cl)c[nH]c2c1)c1ccccc1)N1CCC(CO)CC1. The number of likely N-dealkylation sites (tertiary alicyclic amines) is 1. The van der Waals surface area contributed by atoms with Crippen molar-refractivity contribution in [2.75, 3.05) is 31.1 Å². The minimum atomic E-state index is -0.243. The number of H-pyrrole nitrogens is 1. The van der Waals surface area contributed by atoms with Gasteiger partial charge >= 0.3 is 0 Å². The third-order valence-electron chi connectivity index (χ3n) is 5.71. The number of hydrogen-bond acceptors (Lipinski definition) is 3. The predicted octanol–water partition coefficient (Wildman–Crippen LogP) is 3.70. The molecule has 0 unspecified atom stereocenters. The zero-order valence-corrected chi connectivity index (χ0v) is 17.3. The Labute approximate surface area is 180 Å². The van der Waals surface area contributed by atoms with Gasteiger partial charge in [0.2, 0.25) is 5.91 Å². The maximum atomic E-state index is 13.4. The van der Waals surface area contributed by atoms with Gasteiger partial charge in [0, 0.05) is 48.0 Å². The minimum Gasteiger partial charge on any atom is -0.396 e. The largest absolute Gasteiger partial charge is 0.396 e. The van der Waals surface area contributed by atoms with Crippen LogP contribution in [0.3, 0.4) is 0 Å². The van der Waals surface area contributed by atoms with Crippen molar-refractivity contribution in [3.05, 3.63) is 65.3 Å². The lowest BCUT2D eigenvalue weighted by atomic mass is 9.98. The smallest absolute Gasteiger partial charge is 0.258 e. The van der Waals surface area contributed by atoms with E-state index in [1.165, 1.54) is 4.90 Å². The van der Waals surface area contributed by atoms with Gasteiger partial charge in [0.1, 0.15) is 6.54 Å². The Morgan fingerprint density at radius 3 is 2.57 bits per heavy atom. The molecule has 1 aliphatic rings. The van der Waals surface area contributed by atoms with Crippen molar-refractivity contribution in [2.45, 2.75) is 12.8 Å². The highest BCUT2D eigenvalue weighted by Crippen LogP contribution is 2.25. The average molecular weight is 426 g/mol. The highest BCUT2D eigenvalue weighted by atomic mass is 35.5. The molecule has 4 rings (SSSR count). The predicted molar refractivity (Wildman–Crippen MR) is 118 cm³/mol.